The molecule has 1 fully saturated rings. The molecule has 7 heteroatoms. The highest BCUT2D eigenvalue weighted by atomic mass is 16.2. The van der Waals surface area contributed by atoms with Gasteiger partial charge < -0.3 is 15.1 Å². The van der Waals surface area contributed by atoms with Crippen molar-refractivity contribution in [2.45, 2.75) is 20.8 Å². The number of carbonyl (C=O) groups is 3. The van der Waals surface area contributed by atoms with Crippen LogP contribution in [0.15, 0.2) is 30.6 Å². The SMILES string of the molecule is Cc1cc(C)c(NC(=O)c2cncc(C(=O)N3CCN(C=O)CC3)c2)c(C)c1. The molecule has 2 aromatic rings. The number of rotatable bonds is 4. The maximum absolute atomic E-state index is 12.7. The van der Waals surface area contributed by atoms with Crippen LogP contribution in [0.1, 0.15) is 37.4 Å². The standard InChI is InChI=1S/C21H24N4O3/c1-14-8-15(2)19(16(3)9-14)23-20(27)17-10-18(12-22-11-17)21(28)25-6-4-24(13-26)5-7-25/h8-13H,4-7H2,1-3H3,(H,23,27). The minimum absolute atomic E-state index is 0.185. The lowest BCUT2D eigenvalue weighted by molar-refractivity contribution is -0.119. The van der Waals surface area contributed by atoms with Crippen LogP contribution in [0.5, 0.6) is 0 Å². The fraction of sp³-hybridized carbons (Fsp3) is 0.333. The quantitative estimate of drug-likeness (QED) is 0.824. The highest BCUT2D eigenvalue weighted by Crippen LogP contribution is 2.22. The molecule has 0 saturated carbocycles. The molecule has 7 nitrogen and oxygen atoms in total. The molecule has 1 saturated heterocycles. The normalized spacial score (nSPS) is 14.0. The lowest BCUT2D eigenvalue weighted by Gasteiger charge is -2.32. The van der Waals surface area contributed by atoms with E-state index in [2.05, 4.69) is 10.3 Å². The Morgan fingerprint density at radius 3 is 2.18 bits per heavy atom. The number of anilines is 1. The van der Waals surface area contributed by atoms with Crippen molar-refractivity contribution in [1.82, 2.24) is 14.8 Å². The molecule has 1 aliphatic rings. The predicted molar refractivity (Wildman–Crippen MR) is 106 cm³/mol. The fourth-order valence-corrected chi connectivity index (χ4v) is 3.46. The Morgan fingerprint density at radius 2 is 1.57 bits per heavy atom. The van der Waals surface area contributed by atoms with Crippen LogP contribution >= 0.6 is 0 Å². The molecule has 0 radical (unpaired) electrons. The third-order valence-corrected chi connectivity index (χ3v) is 4.91. The van der Waals surface area contributed by atoms with Crippen molar-refractivity contribution < 1.29 is 14.4 Å². The summed E-state index contributed by atoms with van der Waals surface area (Å²) in [4.78, 5) is 43.6. The maximum atomic E-state index is 12.7. The largest absolute Gasteiger partial charge is 0.342 e. The lowest BCUT2D eigenvalue weighted by Crippen LogP contribution is -2.48. The van der Waals surface area contributed by atoms with E-state index in [0.717, 1.165) is 28.8 Å². The van der Waals surface area contributed by atoms with E-state index in [4.69, 9.17) is 0 Å². The van der Waals surface area contributed by atoms with Crippen LogP contribution in [-0.4, -0.2) is 59.2 Å². The highest BCUT2D eigenvalue weighted by Gasteiger charge is 2.22. The van der Waals surface area contributed by atoms with Gasteiger partial charge in [0.2, 0.25) is 6.41 Å². The van der Waals surface area contributed by atoms with Crippen molar-refractivity contribution in [2.24, 2.45) is 0 Å². The van der Waals surface area contributed by atoms with Gasteiger partial charge in [0.1, 0.15) is 0 Å². The van der Waals surface area contributed by atoms with Crippen molar-refractivity contribution >= 4 is 23.9 Å². The molecular formula is C21H24N4O3. The Bertz CT molecular complexity index is 895. The van der Waals surface area contributed by atoms with Gasteiger partial charge in [-0.05, 0) is 38.0 Å². The van der Waals surface area contributed by atoms with Gasteiger partial charge in [0.15, 0.2) is 0 Å². The zero-order valence-electron chi connectivity index (χ0n) is 16.4. The van der Waals surface area contributed by atoms with Crippen molar-refractivity contribution in [1.29, 1.82) is 0 Å². The molecule has 1 aromatic heterocycles. The number of amides is 3. The maximum Gasteiger partial charge on any atom is 0.257 e. The lowest BCUT2D eigenvalue weighted by atomic mass is 10.0. The van der Waals surface area contributed by atoms with E-state index in [1.807, 2.05) is 32.9 Å². The number of aromatic nitrogens is 1. The van der Waals surface area contributed by atoms with E-state index >= 15 is 0 Å². The summed E-state index contributed by atoms with van der Waals surface area (Å²) in [7, 11) is 0. The van der Waals surface area contributed by atoms with Gasteiger partial charge in [0.05, 0.1) is 11.1 Å². The number of aryl methyl sites for hydroxylation is 3. The van der Waals surface area contributed by atoms with Gasteiger partial charge in [-0.3, -0.25) is 19.4 Å². The van der Waals surface area contributed by atoms with Crippen LogP contribution in [0.4, 0.5) is 5.69 Å². The summed E-state index contributed by atoms with van der Waals surface area (Å²) in [5.74, 6) is -0.488. The van der Waals surface area contributed by atoms with Gasteiger partial charge >= 0.3 is 0 Å². The van der Waals surface area contributed by atoms with Gasteiger partial charge in [-0.15, -0.1) is 0 Å². The first-order valence-corrected chi connectivity index (χ1v) is 9.22. The van der Waals surface area contributed by atoms with E-state index in [9.17, 15) is 14.4 Å². The van der Waals surface area contributed by atoms with Crippen LogP contribution in [0.2, 0.25) is 0 Å². The summed E-state index contributed by atoms with van der Waals surface area (Å²) in [5.41, 5.74) is 4.58. The minimum Gasteiger partial charge on any atom is -0.342 e. The number of nitrogens with zero attached hydrogens (tertiary/aromatic N) is 3. The third kappa shape index (κ3) is 4.19. The number of pyridine rings is 1. The van der Waals surface area contributed by atoms with E-state index in [-0.39, 0.29) is 11.8 Å². The zero-order chi connectivity index (χ0) is 20.3. The van der Waals surface area contributed by atoms with Gasteiger partial charge in [-0.1, -0.05) is 17.7 Å². The van der Waals surface area contributed by atoms with E-state index in [1.54, 1.807) is 15.9 Å². The monoisotopic (exact) mass is 380 g/mol. The molecule has 3 amide bonds. The number of hydrogen-bond acceptors (Lipinski definition) is 4. The number of nitrogens with one attached hydrogen (secondary N) is 1. The first-order valence-electron chi connectivity index (χ1n) is 9.22. The molecule has 0 spiro atoms. The average Bonchev–Trinajstić information content (AvgIpc) is 2.70. The topological polar surface area (TPSA) is 82.6 Å². The average molecular weight is 380 g/mol. The number of carbonyl (C=O) groups excluding carboxylic acids is 3. The molecular weight excluding hydrogens is 356 g/mol. The highest BCUT2D eigenvalue weighted by molar-refractivity contribution is 6.06. The first kappa shape index (κ1) is 19.5. The Labute approximate surface area is 164 Å². The molecule has 1 N–H and O–H groups in total. The second kappa shape index (κ2) is 8.21. The molecule has 2 heterocycles. The Hall–Kier alpha value is -3.22. The van der Waals surface area contributed by atoms with Crippen LogP contribution in [-0.2, 0) is 4.79 Å². The van der Waals surface area contributed by atoms with Crippen molar-refractivity contribution in [3.05, 3.63) is 58.4 Å². The summed E-state index contributed by atoms with van der Waals surface area (Å²) < 4.78 is 0. The molecule has 0 atom stereocenters. The van der Waals surface area contributed by atoms with Crippen LogP contribution in [0.3, 0.4) is 0 Å². The van der Waals surface area contributed by atoms with Gasteiger partial charge in [0, 0.05) is 44.3 Å². The summed E-state index contributed by atoms with van der Waals surface area (Å²) in [5, 5.41) is 2.93. The van der Waals surface area contributed by atoms with Crippen molar-refractivity contribution in [3.63, 3.8) is 0 Å². The molecule has 1 aromatic carbocycles. The van der Waals surface area contributed by atoms with Crippen molar-refractivity contribution in [2.75, 3.05) is 31.5 Å². The van der Waals surface area contributed by atoms with Crippen molar-refractivity contribution in [3.8, 4) is 0 Å². The second-order valence-corrected chi connectivity index (χ2v) is 7.12. The van der Waals surface area contributed by atoms with Crippen LogP contribution in [0, 0.1) is 20.8 Å². The fourth-order valence-electron chi connectivity index (χ4n) is 3.46. The first-order chi connectivity index (χ1) is 13.4. The number of benzene rings is 1. The molecule has 0 aliphatic carbocycles. The van der Waals surface area contributed by atoms with E-state index < -0.39 is 0 Å². The molecule has 1 aliphatic heterocycles. The smallest absolute Gasteiger partial charge is 0.257 e. The summed E-state index contributed by atoms with van der Waals surface area (Å²) in [6.45, 7) is 7.87. The Balaban J connectivity index is 1.75. The number of hydrogen-bond donors (Lipinski definition) is 1. The summed E-state index contributed by atoms with van der Waals surface area (Å²) in [6, 6.07) is 5.59. The summed E-state index contributed by atoms with van der Waals surface area (Å²) >= 11 is 0. The molecule has 0 unspecified atom stereocenters. The molecule has 0 bridgehead atoms. The minimum atomic E-state index is -0.303. The van der Waals surface area contributed by atoms with E-state index in [0.29, 0.717) is 37.3 Å². The number of piperazine rings is 1. The van der Waals surface area contributed by atoms with Crippen LogP contribution in [0.25, 0.3) is 0 Å². The van der Waals surface area contributed by atoms with E-state index in [1.165, 1.54) is 12.4 Å². The van der Waals surface area contributed by atoms with Crippen LogP contribution < -0.4 is 5.32 Å². The molecule has 28 heavy (non-hydrogen) atoms. The van der Waals surface area contributed by atoms with Gasteiger partial charge in [-0.25, -0.2) is 0 Å². The molecule has 146 valence electrons. The third-order valence-electron chi connectivity index (χ3n) is 4.91. The second-order valence-electron chi connectivity index (χ2n) is 7.12. The van der Waals surface area contributed by atoms with Gasteiger partial charge in [-0.2, -0.15) is 0 Å². The zero-order valence-corrected chi connectivity index (χ0v) is 16.4. The molecule has 3 rings (SSSR count). The predicted octanol–water partition coefficient (Wildman–Crippen LogP) is 2.17. The Kier molecular flexibility index (Phi) is 5.73. The Morgan fingerprint density at radius 1 is 0.964 bits per heavy atom. The van der Waals surface area contributed by atoms with Gasteiger partial charge in [0.25, 0.3) is 11.8 Å². The summed E-state index contributed by atoms with van der Waals surface area (Å²) in [6.07, 6.45) is 3.71.